The number of hydrogen-bond donors (Lipinski definition) is 2. The number of aliphatic carboxylic acids is 1. The minimum Gasteiger partial charge on any atom is -0.481 e. The highest BCUT2D eigenvalue weighted by Gasteiger charge is 2.31. The normalized spacial score (nSPS) is 21.8. The zero-order valence-corrected chi connectivity index (χ0v) is 8.89. The Balaban J connectivity index is 2.49. The summed E-state index contributed by atoms with van der Waals surface area (Å²) in [4.78, 5) is 34.0. The number of nitrogens with zero attached hydrogens (tertiary/aromatic N) is 1. The summed E-state index contributed by atoms with van der Waals surface area (Å²) < 4.78 is 0. The molecule has 1 rings (SSSR count). The van der Waals surface area contributed by atoms with Gasteiger partial charge in [0.25, 0.3) is 0 Å². The van der Waals surface area contributed by atoms with Crippen LogP contribution in [0.3, 0.4) is 0 Å². The number of amides is 1. The number of carboxylic acids is 1. The first-order valence-electron chi connectivity index (χ1n) is 5.21. The van der Waals surface area contributed by atoms with Gasteiger partial charge in [0.1, 0.15) is 0 Å². The third-order valence-electron chi connectivity index (χ3n) is 2.66. The van der Waals surface area contributed by atoms with Gasteiger partial charge in [-0.3, -0.25) is 14.4 Å². The Hall–Kier alpha value is -1.43. The van der Waals surface area contributed by atoms with E-state index in [9.17, 15) is 14.4 Å². The predicted molar refractivity (Wildman–Crippen MR) is 55.3 cm³/mol. The maximum Gasteiger partial charge on any atom is 0.303 e. The molecule has 16 heavy (non-hydrogen) atoms. The smallest absolute Gasteiger partial charge is 0.303 e. The standard InChI is InChI=1S/C10H15N2O4/c11-8(3-4-9(14)15)10(16)12-5-1-2-7(12)6-13/h7-8H,1-5,11H2,(H,14,15)/t7-,8-/m0/s1. The van der Waals surface area contributed by atoms with Gasteiger partial charge in [0, 0.05) is 13.0 Å². The molecule has 2 atom stereocenters. The van der Waals surface area contributed by atoms with Crippen LogP contribution in [0.4, 0.5) is 0 Å². The minimum atomic E-state index is -0.983. The molecular formula is C10H15N2O4. The fourth-order valence-electron chi connectivity index (χ4n) is 1.77. The van der Waals surface area contributed by atoms with Crippen molar-refractivity contribution in [1.29, 1.82) is 0 Å². The molecule has 0 aliphatic carbocycles. The molecule has 0 aromatic rings. The largest absolute Gasteiger partial charge is 0.481 e. The number of likely N-dealkylation sites (tertiary alicyclic amines) is 1. The van der Waals surface area contributed by atoms with Crippen LogP contribution in [0.5, 0.6) is 0 Å². The molecule has 89 valence electrons. The number of carboxylic acid groups (broad SMARTS) is 1. The molecule has 1 aliphatic rings. The second kappa shape index (κ2) is 5.60. The molecule has 1 amide bonds. The molecule has 1 fully saturated rings. The van der Waals surface area contributed by atoms with Gasteiger partial charge in [-0.15, -0.1) is 0 Å². The van der Waals surface area contributed by atoms with E-state index in [4.69, 9.17) is 10.8 Å². The van der Waals surface area contributed by atoms with E-state index >= 15 is 0 Å². The van der Waals surface area contributed by atoms with Crippen LogP contribution in [0.1, 0.15) is 25.7 Å². The second-order valence-corrected chi connectivity index (χ2v) is 3.85. The van der Waals surface area contributed by atoms with E-state index in [2.05, 4.69) is 0 Å². The highest BCUT2D eigenvalue weighted by molar-refractivity contribution is 5.85. The average Bonchev–Trinajstić information content (AvgIpc) is 2.72. The third kappa shape index (κ3) is 3.03. The van der Waals surface area contributed by atoms with Crippen LogP contribution in [-0.4, -0.2) is 46.8 Å². The molecule has 6 nitrogen and oxygen atoms in total. The molecule has 0 bridgehead atoms. The summed E-state index contributed by atoms with van der Waals surface area (Å²) in [6.07, 6.45) is 3.12. The molecule has 0 aromatic heterocycles. The van der Waals surface area contributed by atoms with Crippen molar-refractivity contribution in [3.8, 4) is 0 Å². The maximum absolute atomic E-state index is 11.8. The molecule has 1 heterocycles. The molecule has 1 saturated heterocycles. The van der Waals surface area contributed by atoms with E-state index in [1.165, 1.54) is 4.90 Å². The van der Waals surface area contributed by atoms with Gasteiger partial charge in [-0.2, -0.15) is 0 Å². The van der Waals surface area contributed by atoms with Gasteiger partial charge >= 0.3 is 5.97 Å². The fraction of sp³-hybridized carbons (Fsp3) is 0.700. The topological polar surface area (TPSA) is 101 Å². The van der Waals surface area contributed by atoms with Gasteiger partial charge in [-0.05, 0) is 19.3 Å². The number of carbonyl (C=O) groups excluding carboxylic acids is 2. The zero-order chi connectivity index (χ0) is 12.1. The molecule has 3 N–H and O–H groups in total. The molecular weight excluding hydrogens is 212 g/mol. The van der Waals surface area contributed by atoms with E-state index in [0.717, 1.165) is 6.42 Å². The second-order valence-electron chi connectivity index (χ2n) is 3.85. The lowest BCUT2D eigenvalue weighted by molar-refractivity contribution is -0.137. The lowest BCUT2D eigenvalue weighted by Gasteiger charge is -2.23. The van der Waals surface area contributed by atoms with Crippen molar-refractivity contribution in [2.24, 2.45) is 5.73 Å². The summed E-state index contributed by atoms with van der Waals surface area (Å²) in [5.41, 5.74) is 5.58. The summed E-state index contributed by atoms with van der Waals surface area (Å²) >= 11 is 0. The van der Waals surface area contributed by atoms with Crippen molar-refractivity contribution in [2.45, 2.75) is 37.8 Å². The molecule has 1 aliphatic heterocycles. The van der Waals surface area contributed by atoms with Gasteiger partial charge in [-0.25, -0.2) is 0 Å². The number of rotatable bonds is 5. The van der Waals surface area contributed by atoms with E-state index in [0.29, 0.717) is 13.0 Å². The molecule has 6 heteroatoms. The quantitative estimate of drug-likeness (QED) is 0.645. The van der Waals surface area contributed by atoms with Crippen molar-refractivity contribution < 1.29 is 19.5 Å². The third-order valence-corrected chi connectivity index (χ3v) is 2.66. The van der Waals surface area contributed by atoms with Crippen LogP contribution in [0.25, 0.3) is 0 Å². The summed E-state index contributed by atoms with van der Waals surface area (Å²) in [5.74, 6) is -1.34. The van der Waals surface area contributed by atoms with Crippen LogP contribution in [0, 0.1) is 0 Å². The van der Waals surface area contributed by atoms with Gasteiger partial charge in [0.15, 0.2) is 0 Å². The highest BCUT2D eigenvalue weighted by Crippen LogP contribution is 2.16. The SMILES string of the molecule is N[C@@H](CCC(=O)O)C(=O)N1CCC[C@H]1[C]=O. The zero-order valence-electron chi connectivity index (χ0n) is 8.89. The van der Waals surface area contributed by atoms with Crippen LogP contribution in [0.2, 0.25) is 0 Å². The van der Waals surface area contributed by atoms with Crippen LogP contribution >= 0.6 is 0 Å². The lowest BCUT2D eigenvalue weighted by Crippen LogP contribution is -2.46. The Morgan fingerprint density at radius 2 is 2.25 bits per heavy atom. The highest BCUT2D eigenvalue weighted by atomic mass is 16.4. The van der Waals surface area contributed by atoms with Crippen LogP contribution in [0.15, 0.2) is 0 Å². The van der Waals surface area contributed by atoms with Crippen molar-refractivity contribution in [1.82, 2.24) is 4.90 Å². The van der Waals surface area contributed by atoms with Gasteiger partial charge in [0.05, 0.1) is 12.1 Å². The molecule has 0 saturated carbocycles. The first kappa shape index (κ1) is 12.6. The number of nitrogens with two attached hydrogens (primary N) is 1. The first-order valence-corrected chi connectivity index (χ1v) is 5.21. The monoisotopic (exact) mass is 227 g/mol. The Morgan fingerprint density at radius 3 is 2.81 bits per heavy atom. The molecule has 0 unspecified atom stereocenters. The van der Waals surface area contributed by atoms with E-state index < -0.39 is 18.1 Å². The number of carbonyl (C=O) groups is 2. The van der Waals surface area contributed by atoms with E-state index in [-0.39, 0.29) is 18.7 Å². The molecule has 0 aromatic carbocycles. The Labute approximate surface area is 93.4 Å². The van der Waals surface area contributed by atoms with Gasteiger partial charge in [0.2, 0.25) is 12.2 Å². The predicted octanol–water partition coefficient (Wildman–Crippen LogP) is -0.721. The van der Waals surface area contributed by atoms with Crippen molar-refractivity contribution >= 4 is 18.2 Å². The minimum absolute atomic E-state index is 0.0935. The van der Waals surface area contributed by atoms with E-state index in [1.807, 2.05) is 0 Å². The first-order chi connectivity index (χ1) is 7.56. The van der Waals surface area contributed by atoms with E-state index in [1.54, 1.807) is 6.29 Å². The van der Waals surface area contributed by atoms with Crippen molar-refractivity contribution in [3.63, 3.8) is 0 Å². The average molecular weight is 227 g/mol. The maximum atomic E-state index is 11.8. The van der Waals surface area contributed by atoms with Gasteiger partial charge < -0.3 is 15.7 Å². The Kier molecular flexibility index (Phi) is 4.42. The summed E-state index contributed by atoms with van der Waals surface area (Å²) in [5, 5.41) is 8.46. The van der Waals surface area contributed by atoms with Crippen molar-refractivity contribution in [2.75, 3.05) is 6.54 Å². The van der Waals surface area contributed by atoms with Crippen molar-refractivity contribution in [3.05, 3.63) is 0 Å². The number of hydrogen-bond acceptors (Lipinski definition) is 4. The Morgan fingerprint density at radius 1 is 1.56 bits per heavy atom. The van der Waals surface area contributed by atoms with Crippen LogP contribution < -0.4 is 5.73 Å². The van der Waals surface area contributed by atoms with Crippen LogP contribution in [-0.2, 0) is 14.4 Å². The Bertz CT molecular complexity index is 293. The van der Waals surface area contributed by atoms with Gasteiger partial charge in [-0.1, -0.05) is 0 Å². The summed E-state index contributed by atoms with van der Waals surface area (Å²) in [7, 11) is 0. The molecule has 0 spiro atoms. The molecule has 1 radical (unpaired) electrons. The fourth-order valence-corrected chi connectivity index (χ4v) is 1.77. The summed E-state index contributed by atoms with van der Waals surface area (Å²) in [6, 6.07) is -1.35. The lowest BCUT2D eigenvalue weighted by atomic mass is 10.1. The summed E-state index contributed by atoms with van der Waals surface area (Å²) in [6.45, 7) is 0.500.